The van der Waals surface area contributed by atoms with Crippen LogP contribution in [0.15, 0.2) is 59.1 Å². The van der Waals surface area contributed by atoms with Gasteiger partial charge in [-0.15, -0.1) is 23.1 Å². The monoisotopic (exact) mass is 480 g/mol. The summed E-state index contributed by atoms with van der Waals surface area (Å²) >= 11 is 3.20. The number of carbonyl (C=O) groups excluding carboxylic acids is 1. The summed E-state index contributed by atoms with van der Waals surface area (Å²) in [6.45, 7) is 5.48. The SMILES string of the molecule is CCOS(=O)(=O)[O-].CCSc1sc(C(=O)c2ccccc2)c(N)c1-[n+]1cccc(C)c1. The van der Waals surface area contributed by atoms with E-state index in [1.54, 1.807) is 11.8 Å². The van der Waals surface area contributed by atoms with Gasteiger partial charge in [-0.25, -0.2) is 8.42 Å². The van der Waals surface area contributed by atoms with Crippen LogP contribution in [0.5, 0.6) is 0 Å². The molecule has 0 bridgehead atoms. The summed E-state index contributed by atoms with van der Waals surface area (Å²) < 4.78 is 35.1. The number of nitrogen functional groups attached to an aromatic ring is 1. The molecular weight excluding hydrogens is 456 g/mol. The van der Waals surface area contributed by atoms with E-state index in [1.807, 2.05) is 66.3 Å². The molecule has 0 aliphatic rings. The number of nitrogens with two attached hydrogens (primary N) is 1. The predicted molar refractivity (Wildman–Crippen MR) is 123 cm³/mol. The molecule has 7 nitrogen and oxygen atoms in total. The highest BCUT2D eigenvalue weighted by molar-refractivity contribution is 8.01. The zero-order chi connectivity index (χ0) is 23.0. The molecule has 2 aromatic heterocycles. The third-order valence-corrected chi connectivity index (χ3v) is 6.73. The van der Waals surface area contributed by atoms with Gasteiger partial charge in [-0.3, -0.25) is 8.98 Å². The van der Waals surface area contributed by atoms with Crippen molar-refractivity contribution < 1.29 is 26.5 Å². The van der Waals surface area contributed by atoms with Crippen molar-refractivity contribution in [3.05, 3.63) is 70.9 Å². The smallest absolute Gasteiger partial charge is 0.259 e. The van der Waals surface area contributed by atoms with E-state index >= 15 is 0 Å². The van der Waals surface area contributed by atoms with Crippen molar-refractivity contribution in [3.63, 3.8) is 0 Å². The van der Waals surface area contributed by atoms with E-state index in [0.717, 1.165) is 21.2 Å². The van der Waals surface area contributed by atoms with Crippen molar-refractivity contribution in [1.29, 1.82) is 0 Å². The Hall–Kier alpha value is -2.24. The van der Waals surface area contributed by atoms with Gasteiger partial charge in [0.2, 0.25) is 16.2 Å². The minimum atomic E-state index is -4.42. The van der Waals surface area contributed by atoms with Gasteiger partial charge in [-0.05, 0) is 25.7 Å². The van der Waals surface area contributed by atoms with Gasteiger partial charge >= 0.3 is 0 Å². The van der Waals surface area contributed by atoms with Gasteiger partial charge in [0.05, 0.1) is 6.61 Å². The Bertz CT molecular complexity index is 1130. The normalized spacial score (nSPS) is 11.0. The molecule has 166 valence electrons. The summed E-state index contributed by atoms with van der Waals surface area (Å²) in [4.78, 5) is 13.5. The fourth-order valence-corrected chi connectivity index (χ4v) is 5.31. The maximum Gasteiger partial charge on any atom is 0.259 e. The number of anilines is 1. The molecule has 31 heavy (non-hydrogen) atoms. The summed E-state index contributed by atoms with van der Waals surface area (Å²) in [5, 5.41) is 0. The van der Waals surface area contributed by atoms with Gasteiger partial charge in [0, 0.05) is 17.2 Å². The first kappa shape index (κ1) is 25.0. The standard InChI is InChI=1S/C19H18N2OS2.C2H6O4S/c1-3-23-19-16(21-11-7-8-13(2)12-21)15(20)18(24-19)17(22)14-9-5-4-6-10-14;1-2-6-7(3,4)5/h4-12H,3H2,1-2H3,(H-,20,22);2H2,1H3,(H,3,4,5). The first-order chi connectivity index (χ1) is 14.7. The number of ketones is 1. The van der Waals surface area contributed by atoms with E-state index in [4.69, 9.17) is 5.73 Å². The third-order valence-electron chi connectivity index (χ3n) is 3.87. The first-order valence-corrected chi connectivity index (χ1v) is 12.5. The maximum atomic E-state index is 12.8. The van der Waals surface area contributed by atoms with E-state index in [0.29, 0.717) is 16.1 Å². The van der Waals surface area contributed by atoms with Gasteiger partial charge < -0.3 is 10.3 Å². The Balaban J connectivity index is 0.000000423. The molecule has 3 rings (SSSR count). The number of aromatic nitrogens is 1. The molecule has 0 aliphatic heterocycles. The molecule has 0 radical (unpaired) electrons. The second-order valence-electron chi connectivity index (χ2n) is 6.21. The fourth-order valence-electron chi connectivity index (χ4n) is 2.65. The molecule has 0 saturated carbocycles. The van der Waals surface area contributed by atoms with Gasteiger partial charge in [-0.2, -0.15) is 4.57 Å². The van der Waals surface area contributed by atoms with Crippen LogP contribution in [0.2, 0.25) is 0 Å². The van der Waals surface area contributed by atoms with E-state index in [9.17, 15) is 17.8 Å². The molecule has 0 amide bonds. The number of hydrogen-bond acceptors (Lipinski definition) is 8. The van der Waals surface area contributed by atoms with Crippen LogP contribution in [0.1, 0.15) is 34.6 Å². The van der Waals surface area contributed by atoms with Crippen LogP contribution in [-0.4, -0.2) is 31.1 Å². The third kappa shape index (κ3) is 7.15. The number of benzene rings is 1. The average Bonchev–Trinajstić information content (AvgIpc) is 3.04. The molecular formula is C21H24N2O5S3. The Morgan fingerprint density at radius 1 is 1.19 bits per heavy atom. The first-order valence-electron chi connectivity index (χ1n) is 9.41. The van der Waals surface area contributed by atoms with Crippen LogP contribution >= 0.6 is 23.1 Å². The lowest BCUT2D eigenvalue weighted by Gasteiger charge is -2.02. The number of thioether (sulfide) groups is 1. The molecule has 10 heteroatoms. The number of carbonyl (C=O) groups is 1. The zero-order valence-corrected chi connectivity index (χ0v) is 19.9. The molecule has 0 atom stereocenters. The molecule has 1 aromatic carbocycles. The van der Waals surface area contributed by atoms with Gasteiger partial charge in [0.1, 0.15) is 14.8 Å². The molecule has 0 fully saturated rings. The van der Waals surface area contributed by atoms with Crippen molar-refractivity contribution in [1.82, 2.24) is 0 Å². The van der Waals surface area contributed by atoms with Crippen LogP contribution < -0.4 is 10.3 Å². The number of thiophene rings is 1. The summed E-state index contributed by atoms with van der Waals surface area (Å²) in [5.41, 5.74) is 9.69. The van der Waals surface area contributed by atoms with Gasteiger partial charge in [-0.1, -0.05) is 37.3 Å². The summed E-state index contributed by atoms with van der Waals surface area (Å²) in [7, 11) is -4.42. The maximum absolute atomic E-state index is 12.8. The van der Waals surface area contributed by atoms with Crippen molar-refractivity contribution in [2.24, 2.45) is 0 Å². The fraction of sp³-hybridized carbons (Fsp3) is 0.238. The van der Waals surface area contributed by atoms with E-state index < -0.39 is 10.4 Å². The van der Waals surface area contributed by atoms with E-state index in [-0.39, 0.29) is 12.4 Å². The Kier molecular flexibility index (Phi) is 9.20. The van der Waals surface area contributed by atoms with Crippen molar-refractivity contribution in [2.75, 3.05) is 18.1 Å². The molecule has 3 aromatic rings. The number of nitrogens with zero attached hydrogens (tertiary/aromatic N) is 1. The Morgan fingerprint density at radius 2 is 1.87 bits per heavy atom. The Labute approximate surface area is 190 Å². The predicted octanol–water partition coefficient (Wildman–Crippen LogP) is 3.74. The molecule has 0 aliphatic carbocycles. The van der Waals surface area contributed by atoms with E-state index in [1.165, 1.54) is 18.3 Å². The lowest BCUT2D eigenvalue weighted by molar-refractivity contribution is -0.597. The Morgan fingerprint density at radius 3 is 2.39 bits per heavy atom. The van der Waals surface area contributed by atoms with Crippen LogP contribution in [0.3, 0.4) is 0 Å². The second kappa shape index (κ2) is 11.4. The van der Waals surface area contributed by atoms with E-state index in [2.05, 4.69) is 11.1 Å². The number of pyridine rings is 1. The van der Waals surface area contributed by atoms with Crippen LogP contribution in [-0.2, 0) is 14.6 Å². The molecule has 0 unspecified atom stereocenters. The molecule has 0 spiro atoms. The van der Waals surface area contributed by atoms with Crippen LogP contribution in [0, 0.1) is 6.92 Å². The highest BCUT2D eigenvalue weighted by Crippen LogP contribution is 2.39. The second-order valence-corrected chi connectivity index (χ2v) is 9.82. The quantitative estimate of drug-likeness (QED) is 0.180. The minimum absolute atomic E-state index is 0.0180. The van der Waals surface area contributed by atoms with Crippen LogP contribution in [0.25, 0.3) is 5.69 Å². The molecule has 0 saturated heterocycles. The zero-order valence-electron chi connectivity index (χ0n) is 17.4. The highest BCUT2D eigenvalue weighted by atomic mass is 32.3. The van der Waals surface area contributed by atoms with Gasteiger partial charge in [0.25, 0.3) is 5.69 Å². The number of rotatable bonds is 7. The lowest BCUT2D eigenvalue weighted by Crippen LogP contribution is -2.31. The molecule has 2 heterocycles. The average molecular weight is 481 g/mol. The van der Waals surface area contributed by atoms with Crippen LogP contribution in [0.4, 0.5) is 5.69 Å². The van der Waals surface area contributed by atoms with Gasteiger partial charge in [0.15, 0.2) is 12.4 Å². The minimum Gasteiger partial charge on any atom is -0.726 e. The lowest BCUT2D eigenvalue weighted by atomic mass is 10.1. The summed E-state index contributed by atoms with van der Waals surface area (Å²) in [5.74, 6) is 0.911. The van der Waals surface area contributed by atoms with Crippen molar-refractivity contribution >= 4 is 45.0 Å². The summed E-state index contributed by atoms with van der Waals surface area (Å²) in [6.07, 6.45) is 4.01. The molecule has 2 N–H and O–H groups in total. The number of aryl methyl sites for hydroxylation is 1. The number of hydrogen-bond donors (Lipinski definition) is 1. The highest BCUT2D eigenvalue weighted by Gasteiger charge is 2.28. The van der Waals surface area contributed by atoms with Crippen molar-refractivity contribution in [3.8, 4) is 5.69 Å². The van der Waals surface area contributed by atoms with Crippen molar-refractivity contribution in [2.45, 2.75) is 25.0 Å². The topological polar surface area (TPSA) is 113 Å². The summed E-state index contributed by atoms with van der Waals surface area (Å²) in [6, 6.07) is 13.3. The largest absolute Gasteiger partial charge is 0.726 e.